The van der Waals surface area contributed by atoms with Crippen LogP contribution in [0.2, 0.25) is 0 Å². The number of hydrogen-bond donors (Lipinski definition) is 2. The average molecular weight is 294 g/mol. The number of rotatable bonds is 4. The van der Waals surface area contributed by atoms with E-state index in [0.29, 0.717) is 6.54 Å². The zero-order valence-corrected chi connectivity index (χ0v) is 11.7. The summed E-state index contributed by atoms with van der Waals surface area (Å²) in [4.78, 5) is 0.0602. The first-order chi connectivity index (χ1) is 9.36. The van der Waals surface area contributed by atoms with Crippen molar-refractivity contribution in [3.05, 3.63) is 59.4 Å². The molecule has 3 N–H and O–H groups in total. The van der Waals surface area contributed by atoms with Crippen LogP contribution in [-0.2, 0) is 16.6 Å². The van der Waals surface area contributed by atoms with Crippen molar-refractivity contribution in [3.63, 3.8) is 0 Å². The van der Waals surface area contributed by atoms with Gasteiger partial charge in [0.25, 0.3) is 0 Å². The molecule has 2 rings (SSSR count). The van der Waals surface area contributed by atoms with Crippen LogP contribution in [0.3, 0.4) is 0 Å². The highest BCUT2D eigenvalue weighted by Gasteiger charge is 2.06. The number of sulfonamides is 1. The Kier molecular flexibility index (Phi) is 4.06. The van der Waals surface area contributed by atoms with Crippen LogP contribution >= 0.6 is 0 Å². The minimum absolute atomic E-state index is 0.0602. The average Bonchev–Trinajstić information content (AvgIpc) is 2.39. The molecule has 0 atom stereocenters. The zero-order valence-electron chi connectivity index (χ0n) is 10.9. The maximum absolute atomic E-state index is 13.1. The molecule has 0 aliphatic heterocycles. The number of aryl methyl sites for hydroxylation is 1. The summed E-state index contributed by atoms with van der Waals surface area (Å²) >= 11 is 0. The Morgan fingerprint density at radius 3 is 2.40 bits per heavy atom. The Bertz CT molecular complexity index is 712. The third-order valence-electron chi connectivity index (χ3n) is 2.98. The maximum Gasteiger partial charge on any atom is 0.238 e. The number of halogens is 1. The Morgan fingerprint density at radius 2 is 1.80 bits per heavy atom. The zero-order chi connectivity index (χ0) is 14.8. The molecule has 0 fully saturated rings. The summed E-state index contributed by atoms with van der Waals surface area (Å²) in [6, 6.07) is 10.7. The highest BCUT2D eigenvalue weighted by atomic mass is 32.2. The molecule has 0 saturated heterocycles. The first-order valence-electron chi connectivity index (χ1n) is 5.98. The van der Waals surface area contributed by atoms with Crippen molar-refractivity contribution in [2.45, 2.75) is 18.4 Å². The van der Waals surface area contributed by atoms with Gasteiger partial charge in [0, 0.05) is 12.2 Å². The van der Waals surface area contributed by atoms with Gasteiger partial charge in [-0.15, -0.1) is 0 Å². The molecule has 4 nitrogen and oxygen atoms in total. The molecule has 0 aromatic heterocycles. The van der Waals surface area contributed by atoms with Crippen molar-refractivity contribution < 1.29 is 12.8 Å². The summed E-state index contributed by atoms with van der Waals surface area (Å²) in [5, 5.41) is 8.12. The van der Waals surface area contributed by atoms with E-state index in [-0.39, 0.29) is 10.7 Å². The van der Waals surface area contributed by atoms with Gasteiger partial charge in [0.05, 0.1) is 4.90 Å². The quantitative estimate of drug-likeness (QED) is 0.909. The van der Waals surface area contributed by atoms with E-state index in [1.165, 1.54) is 24.3 Å². The normalized spacial score (nSPS) is 11.3. The molecular formula is C14H15FN2O2S. The van der Waals surface area contributed by atoms with Crippen molar-refractivity contribution in [2.75, 3.05) is 5.32 Å². The van der Waals surface area contributed by atoms with Crippen molar-refractivity contribution in [1.29, 1.82) is 0 Å². The number of primary sulfonamides is 1. The van der Waals surface area contributed by atoms with Crippen molar-refractivity contribution in [2.24, 2.45) is 5.14 Å². The maximum atomic E-state index is 13.1. The van der Waals surface area contributed by atoms with Gasteiger partial charge in [-0.1, -0.05) is 6.07 Å². The smallest absolute Gasteiger partial charge is 0.238 e. The van der Waals surface area contributed by atoms with E-state index in [0.717, 1.165) is 16.8 Å². The molecular weight excluding hydrogens is 279 g/mol. The van der Waals surface area contributed by atoms with Crippen LogP contribution in [0.25, 0.3) is 0 Å². The second kappa shape index (κ2) is 5.60. The van der Waals surface area contributed by atoms with E-state index in [9.17, 15) is 12.8 Å². The highest BCUT2D eigenvalue weighted by molar-refractivity contribution is 7.89. The van der Waals surface area contributed by atoms with Crippen LogP contribution in [0.1, 0.15) is 11.1 Å². The van der Waals surface area contributed by atoms with E-state index in [4.69, 9.17) is 5.14 Å². The molecule has 0 spiro atoms. The Labute approximate surface area is 117 Å². The molecule has 0 saturated carbocycles. The number of anilines is 1. The molecule has 0 aliphatic carbocycles. The Morgan fingerprint density at radius 1 is 1.15 bits per heavy atom. The summed E-state index contributed by atoms with van der Waals surface area (Å²) in [7, 11) is -3.68. The van der Waals surface area contributed by atoms with E-state index >= 15 is 0 Å². The summed E-state index contributed by atoms with van der Waals surface area (Å²) in [5.41, 5.74) is 2.57. The van der Waals surface area contributed by atoms with Gasteiger partial charge in [0.1, 0.15) is 5.82 Å². The topological polar surface area (TPSA) is 72.2 Å². The van der Waals surface area contributed by atoms with Crippen LogP contribution in [0, 0.1) is 12.7 Å². The minimum Gasteiger partial charge on any atom is -0.381 e. The lowest BCUT2D eigenvalue weighted by Crippen LogP contribution is -2.12. The monoisotopic (exact) mass is 294 g/mol. The molecule has 0 unspecified atom stereocenters. The minimum atomic E-state index is -3.68. The highest BCUT2D eigenvalue weighted by Crippen LogP contribution is 2.16. The number of benzene rings is 2. The van der Waals surface area contributed by atoms with E-state index in [2.05, 4.69) is 5.32 Å². The largest absolute Gasteiger partial charge is 0.381 e. The van der Waals surface area contributed by atoms with E-state index in [1.807, 2.05) is 6.92 Å². The fraction of sp³-hybridized carbons (Fsp3) is 0.143. The molecule has 0 heterocycles. The summed E-state index contributed by atoms with van der Waals surface area (Å²) in [5.74, 6) is -0.281. The molecule has 0 amide bonds. The van der Waals surface area contributed by atoms with Gasteiger partial charge in [-0.3, -0.25) is 0 Å². The fourth-order valence-corrected chi connectivity index (χ4v) is 2.31. The van der Waals surface area contributed by atoms with Crippen LogP contribution in [0.4, 0.5) is 10.1 Å². The van der Waals surface area contributed by atoms with Crippen LogP contribution in [0.5, 0.6) is 0 Å². The molecule has 2 aromatic rings. The lowest BCUT2D eigenvalue weighted by Gasteiger charge is -2.09. The summed E-state index contributed by atoms with van der Waals surface area (Å²) in [6.07, 6.45) is 0. The van der Waals surface area contributed by atoms with Gasteiger partial charge in [-0.05, 0) is 54.4 Å². The van der Waals surface area contributed by atoms with Gasteiger partial charge >= 0.3 is 0 Å². The number of nitrogens with two attached hydrogens (primary N) is 1. The van der Waals surface area contributed by atoms with Gasteiger partial charge in [0.2, 0.25) is 10.0 Å². The summed E-state index contributed by atoms with van der Waals surface area (Å²) in [6.45, 7) is 2.36. The van der Waals surface area contributed by atoms with Crippen LogP contribution < -0.4 is 10.5 Å². The van der Waals surface area contributed by atoms with E-state index in [1.54, 1.807) is 18.2 Å². The molecule has 6 heteroatoms. The summed E-state index contributed by atoms with van der Waals surface area (Å²) < 4.78 is 35.4. The van der Waals surface area contributed by atoms with Crippen molar-refractivity contribution in [3.8, 4) is 0 Å². The number of hydrogen-bond acceptors (Lipinski definition) is 3. The SMILES string of the molecule is Cc1ccc(F)cc1CNc1ccc(S(N)(=O)=O)cc1. The molecule has 106 valence electrons. The molecule has 2 aromatic carbocycles. The molecule has 0 radical (unpaired) electrons. The van der Waals surface area contributed by atoms with Gasteiger partial charge in [-0.2, -0.15) is 0 Å². The van der Waals surface area contributed by atoms with Crippen LogP contribution in [0.15, 0.2) is 47.4 Å². The molecule has 0 aliphatic rings. The molecule has 20 heavy (non-hydrogen) atoms. The van der Waals surface area contributed by atoms with Crippen LogP contribution in [-0.4, -0.2) is 8.42 Å². The first kappa shape index (κ1) is 14.5. The Balaban J connectivity index is 2.10. The van der Waals surface area contributed by atoms with Crippen molar-refractivity contribution in [1.82, 2.24) is 0 Å². The standard InChI is InChI=1S/C14H15FN2O2S/c1-10-2-3-12(15)8-11(10)9-17-13-4-6-14(7-5-13)20(16,18)19/h2-8,17H,9H2,1H3,(H2,16,18,19). The predicted molar refractivity (Wildman–Crippen MR) is 76.3 cm³/mol. The lowest BCUT2D eigenvalue weighted by atomic mass is 10.1. The van der Waals surface area contributed by atoms with Gasteiger partial charge < -0.3 is 5.32 Å². The van der Waals surface area contributed by atoms with Gasteiger partial charge in [0.15, 0.2) is 0 Å². The number of nitrogens with one attached hydrogen (secondary N) is 1. The molecule has 0 bridgehead atoms. The van der Waals surface area contributed by atoms with Crippen molar-refractivity contribution >= 4 is 15.7 Å². The second-order valence-electron chi connectivity index (χ2n) is 4.49. The third kappa shape index (κ3) is 3.55. The predicted octanol–water partition coefficient (Wildman–Crippen LogP) is 2.39. The first-order valence-corrected chi connectivity index (χ1v) is 7.52. The third-order valence-corrected chi connectivity index (χ3v) is 3.91. The van der Waals surface area contributed by atoms with Gasteiger partial charge in [-0.25, -0.2) is 17.9 Å². The Hall–Kier alpha value is -1.92. The lowest BCUT2D eigenvalue weighted by molar-refractivity contribution is 0.598. The van der Waals surface area contributed by atoms with E-state index < -0.39 is 10.0 Å². The fourth-order valence-electron chi connectivity index (χ4n) is 1.79. The second-order valence-corrected chi connectivity index (χ2v) is 6.06.